The van der Waals surface area contributed by atoms with E-state index >= 15 is 0 Å². The van der Waals surface area contributed by atoms with Gasteiger partial charge in [0.25, 0.3) is 0 Å². The van der Waals surface area contributed by atoms with E-state index in [1.807, 2.05) is 36.4 Å². The highest BCUT2D eigenvalue weighted by molar-refractivity contribution is 6.22. The van der Waals surface area contributed by atoms with Crippen LogP contribution in [0.15, 0.2) is 36.4 Å². The van der Waals surface area contributed by atoms with Crippen molar-refractivity contribution in [2.75, 3.05) is 52.5 Å². The number of ketones is 1. The molecule has 0 bridgehead atoms. The zero-order valence-corrected chi connectivity index (χ0v) is 24.0. The van der Waals surface area contributed by atoms with Crippen LogP contribution in [0.1, 0.15) is 69.3 Å². The zero-order chi connectivity index (χ0) is 24.3. The van der Waals surface area contributed by atoms with Gasteiger partial charge in [-0.15, -0.1) is 24.8 Å². The van der Waals surface area contributed by atoms with Crippen LogP contribution < -0.4 is 9.47 Å². The van der Waals surface area contributed by atoms with Crippen LogP contribution in [-0.2, 0) is 0 Å². The Hall–Kier alpha value is -1.79. The Bertz CT molecular complexity index is 853. The highest BCUT2D eigenvalue weighted by Crippen LogP contribution is 2.39. The summed E-state index contributed by atoms with van der Waals surface area (Å²) in [5, 5.41) is 0. The van der Waals surface area contributed by atoms with Crippen molar-refractivity contribution >= 4 is 30.6 Å². The number of carbonyl (C=O) groups is 1. The first-order valence-corrected chi connectivity index (χ1v) is 13.1. The van der Waals surface area contributed by atoms with Gasteiger partial charge in [-0.1, -0.05) is 27.7 Å². The first-order chi connectivity index (χ1) is 16.6. The van der Waals surface area contributed by atoms with Gasteiger partial charge in [0.05, 0.1) is 0 Å². The minimum atomic E-state index is 0. The smallest absolute Gasteiger partial charge is 0.194 e. The third kappa shape index (κ3) is 8.65. The lowest BCUT2D eigenvalue weighted by molar-refractivity contribution is 0.104. The highest BCUT2D eigenvalue weighted by atomic mass is 35.5. The van der Waals surface area contributed by atoms with Gasteiger partial charge in [-0.25, -0.2) is 0 Å². The number of carbonyl (C=O) groups excluding carboxylic acids is 1. The van der Waals surface area contributed by atoms with Gasteiger partial charge < -0.3 is 9.47 Å². The number of ether oxygens (including phenoxy) is 2. The minimum absolute atomic E-state index is 0. The normalized spacial score (nSPS) is 11.7. The summed E-state index contributed by atoms with van der Waals surface area (Å²) < 4.78 is 12.0. The zero-order valence-electron chi connectivity index (χ0n) is 22.4. The first-order valence-electron chi connectivity index (χ1n) is 13.1. The van der Waals surface area contributed by atoms with Crippen molar-refractivity contribution in [1.29, 1.82) is 0 Å². The lowest BCUT2D eigenvalue weighted by Gasteiger charge is -2.21. The number of nitrogens with zero attached hydrogens (tertiary/aromatic N) is 2. The number of rotatable bonds is 16. The number of fused-ring (bicyclic) bond motifs is 3. The molecule has 0 saturated carbocycles. The molecule has 0 fully saturated rings. The van der Waals surface area contributed by atoms with Crippen LogP contribution in [0.4, 0.5) is 0 Å². The molecule has 0 aliphatic heterocycles. The Kier molecular flexibility index (Phi) is 15.1. The van der Waals surface area contributed by atoms with E-state index in [1.54, 1.807) is 0 Å². The molecule has 1 aliphatic carbocycles. The number of hydrogen-bond acceptors (Lipinski definition) is 5. The second-order valence-electron chi connectivity index (χ2n) is 9.12. The Labute approximate surface area is 230 Å². The molecule has 202 valence electrons. The van der Waals surface area contributed by atoms with Crippen molar-refractivity contribution in [1.82, 2.24) is 9.80 Å². The fourth-order valence-corrected chi connectivity index (χ4v) is 4.74. The molecule has 0 aromatic heterocycles. The summed E-state index contributed by atoms with van der Waals surface area (Å²) in [7, 11) is 0. The molecule has 36 heavy (non-hydrogen) atoms. The van der Waals surface area contributed by atoms with Crippen LogP contribution >= 0.6 is 24.8 Å². The van der Waals surface area contributed by atoms with Gasteiger partial charge in [0.2, 0.25) is 0 Å². The van der Waals surface area contributed by atoms with Crippen LogP contribution in [0.3, 0.4) is 0 Å². The maximum Gasteiger partial charge on any atom is 0.194 e. The average molecular weight is 540 g/mol. The molecule has 3 rings (SSSR count). The molecule has 0 heterocycles. The lowest BCUT2D eigenvalue weighted by Crippen LogP contribution is -2.30. The second kappa shape index (κ2) is 16.9. The maximum absolute atomic E-state index is 13.2. The molecule has 1 aliphatic rings. The molecule has 2 aromatic rings. The Morgan fingerprint density at radius 3 is 1.25 bits per heavy atom. The summed E-state index contributed by atoms with van der Waals surface area (Å²) in [5.74, 6) is 1.57. The standard InChI is InChI=1S/C29H42N2O3.2ClH/c1-5-13-30(14-6-2)17-19-33-23-9-11-25-26-12-10-24(22-28(26)29(32)27(25)21-23)34-20-18-31(15-7-3)16-8-4;;/h9-12,21-22H,5-8,13-20H2,1-4H3;2*1H. The molecule has 0 saturated heterocycles. The van der Waals surface area contributed by atoms with Crippen molar-refractivity contribution < 1.29 is 14.3 Å². The van der Waals surface area contributed by atoms with Gasteiger partial charge in [-0.3, -0.25) is 14.6 Å². The third-order valence-corrected chi connectivity index (χ3v) is 6.27. The average Bonchev–Trinajstić information content (AvgIpc) is 3.11. The quantitative estimate of drug-likeness (QED) is 0.202. The molecule has 0 spiro atoms. The lowest BCUT2D eigenvalue weighted by atomic mass is 10.1. The molecule has 0 N–H and O–H groups in total. The molecule has 0 amide bonds. The SMILES string of the molecule is CCCN(CCC)CCOc1ccc2c(c1)C(=O)c1cc(OCCN(CCC)CCC)ccc1-2.Cl.Cl. The van der Waals surface area contributed by atoms with Gasteiger partial charge in [-0.05, 0) is 99.4 Å². The summed E-state index contributed by atoms with van der Waals surface area (Å²) in [6.45, 7) is 16.3. The van der Waals surface area contributed by atoms with Gasteiger partial charge in [0.15, 0.2) is 5.78 Å². The molecular weight excluding hydrogens is 495 g/mol. The molecule has 0 unspecified atom stereocenters. The van der Waals surface area contributed by atoms with Crippen LogP contribution in [0.5, 0.6) is 11.5 Å². The van der Waals surface area contributed by atoms with Crippen molar-refractivity contribution in [2.24, 2.45) is 0 Å². The summed E-state index contributed by atoms with van der Waals surface area (Å²) in [4.78, 5) is 18.0. The van der Waals surface area contributed by atoms with E-state index in [9.17, 15) is 4.79 Å². The molecule has 5 nitrogen and oxygen atoms in total. The summed E-state index contributed by atoms with van der Waals surface area (Å²) in [6, 6.07) is 11.8. The van der Waals surface area contributed by atoms with Crippen LogP contribution in [-0.4, -0.2) is 68.1 Å². The van der Waals surface area contributed by atoms with Gasteiger partial charge in [0, 0.05) is 24.2 Å². The predicted octanol–water partition coefficient (Wildman–Crippen LogP) is 6.74. The topological polar surface area (TPSA) is 42.0 Å². The maximum atomic E-state index is 13.2. The molecule has 0 radical (unpaired) electrons. The van der Waals surface area contributed by atoms with Crippen LogP contribution in [0.25, 0.3) is 11.1 Å². The Morgan fingerprint density at radius 2 is 0.917 bits per heavy atom. The monoisotopic (exact) mass is 538 g/mol. The van der Waals surface area contributed by atoms with Crippen molar-refractivity contribution in [2.45, 2.75) is 53.4 Å². The molecule has 2 aromatic carbocycles. The molecular formula is C29H44Cl2N2O3. The second-order valence-corrected chi connectivity index (χ2v) is 9.12. The summed E-state index contributed by atoms with van der Waals surface area (Å²) in [6.07, 6.45) is 4.58. The van der Waals surface area contributed by atoms with E-state index in [0.717, 1.165) is 98.7 Å². The summed E-state index contributed by atoms with van der Waals surface area (Å²) in [5.41, 5.74) is 3.41. The number of halogens is 2. The number of benzene rings is 2. The van der Waals surface area contributed by atoms with Crippen molar-refractivity contribution in [3.63, 3.8) is 0 Å². The Morgan fingerprint density at radius 1 is 0.556 bits per heavy atom. The van der Waals surface area contributed by atoms with E-state index in [1.165, 1.54) is 0 Å². The molecule has 0 atom stereocenters. The van der Waals surface area contributed by atoms with E-state index in [-0.39, 0.29) is 30.6 Å². The third-order valence-electron chi connectivity index (χ3n) is 6.27. The van der Waals surface area contributed by atoms with Gasteiger partial charge >= 0.3 is 0 Å². The Balaban J connectivity index is 0.00000324. The first kappa shape index (κ1) is 32.2. The fourth-order valence-electron chi connectivity index (χ4n) is 4.74. The predicted molar refractivity (Wildman–Crippen MR) is 155 cm³/mol. The van der Waals surface area contributed by atoms with E-state index in [0.29, 0.717) is 13.2 Å². The van der Waals surface area contributed by atoms with E-state index < -0.39 is 0 Å². The van der Waals surface area contributed by atoms with Crippen LogP contribution in [0, 0.1) is 0 Å². The fraction of sp³-hybridized carbons (Fsp3) is 0.552. The van der Waals surface area contributed by atoms with E-state index in [4.69, 9.17) is 9.47 Å². The number of hydrogen-bond donors (Lipinski definition) is 0. The van der Waals surface area contributed by atoms with E-state index in [2.05, 4.69) is 37.5 Å². The van der Waals surface area contributed by atoms with Crippen molar-refractivity contribution in [3.8, 4) is 22.6 Å². The van der Waals surface area contributed by atoms with Crippen LogP contribution in [0.2, 0.25) is 0 Å². The van der Waals surface area contributed by atoms with Gasteiger partial charge in [0.1, 0.15) is 24.7 Å². The highest BCUT2D eigenvalue weighted by Gasteiger charge is 2.27. The molecule has 7 heteroatoms. The van der Waals surface area contributed by atoms with Gasteiger partial charge in [-0.2, -0.15) is 0 Å². The minimum Gasteiger partial charge on any atom is -0.492 e. The van der Waals surface area contributed by atoms with Crippen molar-refractivity contribution in [3.05, 3.63) is 47.5 Å². The summed E-state index contributed by atoms with van der Waals surface area (Å²) >= 11 is 0. The largest absolute Gasteiger partial charge is 0.492 e.